The summed E-state index contributed by atoms with van der Waals surface area (Å²) in [6.07, 6.45) is 4.00. The number of anilines is 1. The van der Waals surface area contributed by atoms with Crippen LogP contribution in [-0.4, -0.2) is 33.7 Å². The average molecular weight is 284 g/mol. The molecule has 21 heavy (non-hydrogen) atoms. The number of para-hydroxylation sites is 2. The van der Waals surface area contributed by atoms with Gasteiger partial charge in [0.25, 0.3) is 5.91 Å². The average Bonchev–Trinajstić information content (AvgIpc) is 3.16. The third-order valence-electron chi connectivity index (χ3n) is 4.14. The Labute approximate surface area is 124 Å². The van der Waals surface area contributed by atoms with E-state index in [2.05, 4.69) is 12.0 Å². The summed E-state index contributed by atoms with van der Waals surface area (Å²) in [6, 6.07) is 9.25. The summed E-state index contributed by atoms with van der Waals surface area (Å²) in [5, 5.41) is 4.38. The maximum Gasteiger partial charge on any atom is 0.274 e. The van der Waals surface area contributed by atoms with Crippen molar-refractivity contribution in [1.82, 2.24) is 14.7 Å². The summed E-state index contributed by atoms with van der Waals surface area (Å²) in [4.78, 5) is 14.4. The topological polar surface area (TPSA) is 64.2 Å². The van der Waals surface area contributed by atoms with E-state index < -0.39 is 0 Å². The van der Waals surface area contributed by atoms with Crippen molar-refractivity contribution < 1.29 is 4.79 Å². The van der Waals surface area contributed by atoms with E-state index >= 15 is 0 Å². The zero-order valence-electron chi connectivity index (χ0n) is 12.2. The minimum atomic E-state index is 0.0132. The summed E-state index contributed by atoms with van der Waals surface area (Å²) in [7, 11) is 0. The lowest BCUT2D eigenvalue weighted by atomic mass is 10.1. The van der Waals surface area contributed by atoms with Crippen molar-refractivity contribution in [2.75, 3.05) is 18.8 Å². The first-order chi connectivity index (χ1) is 10.2. The Hall–Kier alpha value is -2.30. The molecule has 1 aromatic heterocycles. The van der Waals surface area contributed by atoms with Crippen LogP contribution in [0.1, 0.15) is 30.3 Å². The maximum absolute atomic E-state index is 12.5. The van der Waals surface area contributed by atoms with Crippen LogP contribution in [0, 0.1) is 5.92 Å². The van der Waals surface area contributed by atoms with E-state index in [0.717, 1.165) is 31.6 Å². The lowest BCUT2D eigenvalue weighted by molar-refractivity contribution is 0.0780. The molecular formula is C16H20N4O. The number of nitrogens with two attached hydrogens (primary N) is 1. The van der Waals surface area contributed by atoms with Crippen LogP contribution in [0.4, 0.5) is 5.69 Å². The van der Waals surface area contributed by atoms with E-state index in [9.17, 15) is 4.79 Å². The molecule has 1 saturated heterocycles. The van der Waals surface area contributed by atoms with Crippen LogP contribution in [0.15, 0.2) is 36.5 Å². The SMILES string of the molecule is CCC1CCN(C(=O)c2ccn(-c3ccccc3N)n2)C1. The largest absolute Gasteiger partial charge is 0.397 e. The number of rotatable bonds is 3. The minimum Gasteiger partial charge on any atom is -0.397 e. The number of carbonyl (C=O) groups is 1. The van der Waals surface area contributed by atoms with Crippen LogP contribution < -0.4 is 5.73 Å². The van der Waals surface area contributed by atoms with E-state index in [0.29, 0.717) is 17.3 Å². The van der Waals surface area contributed by atoms with Crippen LogP contribution in [0.5, 0.6) is 0 Å². The van der Waals surface area contributed by atoms with Gasteiger partial charge >= 0.3 is 0 Å². The Morgan fingerprint density at radius 3 is 2.90 bits per heavy atom. The Morgan fingerprint density at radius 2 is 2.19 bits per heavy atom. The van der Waals surface area contributed by atoms with E-state index in [-0.39, 0.29) is 5.91 Å². The van der Waals surface area contributed by atoms with Crippen molar-refractivity contribution in [2.24, 2.45) is 5.92 Å². The molecule has 5 heteroatoms. The van der Waals surface area contributed by atoms with Gasteiger partial charge in [0.1, 0.15) is 0 Å². The van der Waals surface area contributed by atoms with Gasteiger partial charge in [0.05, 0.1) is 11.4 Å². The van der Waals surface area contributed by atoms with Crippen LogP contribution >= 0.6 is 0 Å². The number of nitrogens with zero attached hydrogens (tertiary/aromatic N) is 3. The molecule has 1 aromatic carbocycles. The molecule has 1 aliphatic heterocycles. The number of hydrogen-bond acceptors (Lipinski definition) is 3. The van der Waals surface area contributed by atoms with Gasteiger partial charge < -0.3 is 10.6 Å². The van der Waals surface area contributed by atoms with Crippen LogP contribution in [0.3, 0.4) is 0 Å². The summed E-state index contributed by atoms with van der Waals surface area (Å²) < 4.78 is 1.66. The zero-order valence-corrected chi connectivity index (χ0v) is 12.2. The van der Waals surface area contributed by atoms with Gasteiger partial charge in [0, 0.05) is 19.3 Å². The van der Waals surface area contributed by atoms with Gasteiger partial charge in [-0.25, -0.2) is 4.68 Å². The molecule has 2 heterocycles. The Balaban J connectivity index is 1.79. The molecule has 0 bridgehead atoms. The van der Waals surface area contributed by atoms with E-state index in [1.807, 2.05) is 29.2 Å². The molecule has 0 radical (unpaired) electrons. The van der Waals surface area contributed by atoms with Gasteiger partial charge in [0.15, 0.2) is 5.69 Å². The van der Waals surface area contributed by atoms with Crippen LogP contribution in [-0.2, 0) is 0 Å². The number of likely N-dealkylation sites (tertiary alicyclic amines) is 1. The van der Waals surface area contributed by atoms with Crippen molar-refractivity contribution in [3.8, 4) is 5.69 Å². The Bertz CT molecular complexity index is 649. The van der Waals surface area contributed by atoms with Crippen LogP contribution in [0.2, 0.25) is 0 Å². The summed E-state index contributed by atoms with van der Waals surface area (Å²) in [5.41, 5.74) is 7.86. The molecule has 0 spiro atoms. The first kappa shape index (κ1) is 13.7. The minimum absolute atomic E-state index is 0.0132. The molecule has 1 atom stereocenters. The number of amides is 1. The van der Waals surface area contributed by atoms with Crippen molar-refractivity contribution >= 4 is 11.6 Å². The highest BCUT2D eigenvalue weighted by atomic mass is 16.2. The fraction of sp³-hybridized carbons (Fsp3) is 0.375. The van der Waals surface area contributed by atoms with Gasteiger partial charge in [-0.2, -0.15) is 5.10 Å². The predicted octanol–water partition coefficient (Wildman–Crippen LogP) is 2.33. The third kappa shape index (κ3) is 2.63. The standard InChI is InChI=1S/C16H20N4O/c1-2-12-7-9-19(11-12)16(21)14-8-10-20(18-14)15-6-4-3-5-13(15)17/h3-6,8,10,12H,2,7,9,11,17H2,1H3. The first-order valence-corrected chi connectivity index (χ1v) is 7.39. The monoisotopic (exact) mass is 284 g/mol. The highest BCUT2D eigenvalue weighted by Crippen LogP contribution is 2.21. The van der Waals surface area contributed by atoms with Crippen molar-refractivity contribution in [3.05, 3.63) is 42.2 Å². The number of nitrogen functional groups attached to an aromatic ring is 1. The summed E-state index contributed by atoms with van der Waals surface area (Å²) >= 11 is 0. The van der Waals surface area contributed by atoms with Gasteiger partial charge in [-0.1, -0.05) is 25.5 Å². The fourth-order valence-electron chi connectivity index (χ4n) is 2.78. The Kier molecular flexibility index (Phi) is 3.64. The molecule has 2 aromatic rings. The molecule has 0 saturated carbocycles. The van der Waals surface area contributed by atoms with Crippen LogP contribution in [0.25, 0.3) is 5.69 Å². The highest BCUT2D eigenvalue weighted by molar-refractivity contribution is 5.92. The second-order valence-electron chi connectivity index (χ2n) is 5.52. The number of benzene rings is 1. The summed E-state index contributed by atoms with van der Waals surface area (Å²) in [5.74, 6) is 0.639. The number of aromatic nitrogens is 2. The second kappa shape index (κ2) is 5.60. The lowest BCUT2D eigenvalue weighted by Gasteiger charge is -2.14. The number of hydrogen-bond donors (Lipinski definition) is 1. The predicted molar refractivity (Wildman–Crippen MR) is 82.3 cm³/mol. The van der Waals surface area contributed by atoms with E-state index in [4.69, 9.17) is 5.73 Å². The first-order valence-electron chi connectivity index (χ1n) is 7.39. The van der Waals surface area contributed by atoms with E-state index in [1.165, 1.54) is 0 Å². The van der Waals surface area contributed by atoms with Crippen molar-refractivity contribution in [3.63, 3.8) is 0 Å². The molecular weight excluding hydrogens is 264 g/mol. The highest BCUT2D eigenvalue weighted by Gasteiger charge is 2.27. The van der Waals surface area contributed by atoms with Crippen molar-refractivity contribution in [2.45, 2.75) is 19.8 Å². The third-order valence-corrected chi connectivity index (χ3v) is 4.14. The normalized spacial score (nSPS) is 18.1. The van der Waals surface area contributed by atoms with Gasteiger partial charge in [0.2, 0.25) is 0 Å². The fourth-order valence-corrected chi connectivity index (χ4v) is 2.78. The number of carbonyl (C=O) groups excluding carboxylic acids is 1. The molecule has 0 aliphatic carbocycles. The second-order valence-corrected chi connectivity index (χ2v) is 5.52. The molecule has 2 N–H and O–H groups in total. The summed E-state index contributed by atoms with van der Waals surface area (Å²) in [6.45, 7) is 3.85. The van der Waals surface area contributed by atoms with E-state index in [1.54, 1.807) is 16.9 Å². The van der Waals surface area contributed by atoms with Gasteiger partial charge in [-0.05, 0) is 30.5 Å². The molecule has 110 valence electrons. The molecule has 1 aliphatic rings. The molecule has 1 fully saturated rings. The quantitative estimate of drug-likeness (QED) is 0.880. The molecule has 3 rings (SSSR count). The zero-order chi connectivity index (χ0) is 14.8. The Morgan fingerprint density at radius 1 is 1.38 bits per heavy atom. The smallest absolute Gasteiger partial charge is 0.274 e. The molecule has 1 unspecified atom stereocenters. The lowest BCUT2D eigenvalue weighted by Crippen LogP contribution is -2.29. The molecule has 5 nitrogen and oxygen atoms in total. The molecule has 1 amide bonds. The van der Waals surface area contributed by atoms with Crippen molar-refractivity contribution in [1.29, 1.82) is 0 Å². The maximum atomic E-state index is 12.5. The van der Waals surface area contributed by atoms with Gasteiger partial charge in [-0.15, -0.1) is 0 Å². The van der Waals surface area contributed by atoms with Gasteiger partial charge in [-0.3, -0.25) is 4.79 Å².